The average Bonchev–Trinajstić information content (AvgIpc) is 2.93. The molecule has 3 rings (SSSR count). The molecule has 0 saturated heterocycles. The van der Waals surface area contributed by atoms with Crippen LogP contribution in [0, 0.1) is 17.8 Å². The molecule has 3 saturated carbocycles. The second-order valence-electron chi connectivity index (χ2n) is 6.70. The molecule has 1 amide bonds. The number of nitrogens with one attached hydrogen (secondary N) is 1. The summed E-state index contributed by atoms with van der Waals surface area (Å²) in [6, 6.07) is 0.411. The Morgan fingerprint density at radius 1 is 1.00 bits per heavy atom. The van der Waals surface area contributed by atoms with Crippen LogP contribution >= 0.6 is 0 Å². The number of hydrogen-bond donors (Lipinski definition) is 2. The maximum atomic E-state index is 12.4. The molecule has 3 nitrogen and oxygen atoms in total. The third-order valence-corrected chi connectivity index (χ3v) is 5.47. The molecule has 0 spiro atoms. The van der Waals surface area contributed by atoms with E-state index in [1.807, 2.05) is 0 Å². The van der Waals surface area contributed by atoms with Crippen LogP contribution in [0.3, 0.4) is 0 Å². The summed E-state index contributed by atoms with van der Waals surface area (Å²) in [5.74, 6) is 2.13. The number of carbonyl (C=O) groups excluding carboxylic acids is 1. The van der Waals surface area contributed by atoms with Gasteiger partial charge >= 0.3 is 0 Å². The van der Waals surface area contributed by atoms with E-state index in [2.05, 4.69) is 5.32 Å². The zero-order valence-corrected chi connectivity index (χ0v) is 11.2. The van der Waals surface area contributed by atoms with Gasteiger partial charge in [0.25, 0.3) is 0 Å². The molecule has 3 aliphatic rings. The van der Waals surface area contributed by atoms with Crippen LogP contribution in [-0.4, -0.2) is 18.0 Å². The zero-order valence-electron chi connectivity index (χ0n) is 11.2. The van der Waals surface area contributed by atoms with Gasteiger partial charge in [-0.3, -0.25) is 4.79 Å². The Hall–Kier alpha value is -0.570. The monoisotopic (exact) mass is 250 g/mol. The summed E-state index contributed by atoms with van der Waals surface area (Å²) in [4.78, 5) is 12.4. The Morgan fingerprint density at radius 3 is 2.56 bits per heavy atom. The second-order valence-corrected chi connectivity index (χ2v) is 6.70. The SMILES string of the molecule is NC1CCCCCC1NC(=O)C1CC2CCC1C2. The van der Waals surface area contributed by atoms with E-state index in [1.165, 1.54) is 38.5 Å². The highest BCUT2D eigenvalue weighted by Gasteiger charge is 2.43. The van der Waals surface area contributed by atoms with Crippen molar-refractivity contribution in [2.24, 2.45) is 23.5 Å². The molecule has 0 radical (unpaired) electrons. The first kappa shape index (κ1) is 12.5. The highest BCUT2D eigenvalue weighted by atomic mass is 16.2. The van der Waals surface area contributed by atoms with E-state index in [4.69, 9.17) is 5.73 Å². The Kier molecular flexibility index (Phi) is 3.60. The van der Waals surface area contributed by atoms with Crippen molar-refractivity contribution in [3.63, 3.8) is 0 Å². The molecule has 102 valence electrons. The van der Waals surface area contributed by atoms with E-state index in [0.717, 1.165) is 25.2 Å². The molecule has 3 aliphatic carbocycles. The van der Waals surface area contributed by atoms with E-state index >= 15 is 0 Å². The molecule has 3 fully saturated rings. The summed E-state index contributed by atoms with van der Waals surface area (Å²) in [5.41, 5.74) is 6.19. The first-order valence-corrected chi connectivity index (χ1v) is 7.80. The summed E-state index contributed by atoms with van der Waals surface area (Å²) in [6.45, 7) is 0. The van der Waals surface area contributed by atoms with Gasteiger partial charge in [-0.05, 0) is 43.9 Å². The molecule has 5 unspecified atom stereocenters. The summed E-state index contributed by atoms with van der Waals surface area (Å²) >= 11 is 0. The van der Waals surface area contributed by atoms with E-state index < -0.39 is 0 Å². The van der Waals surface area contributed by atoms with Gasteiger partial charge in [0.1, 0.15) is 0 Å². The summed E-state index contributed by atoms with van der Waals surface area (Å²) < 4.78 is 0. The van der Waals surface area contributed by atoms with Crippen molar-refractivity contribution in [1.82, 2.24) is 5.32 Å². The van der Waals surface area contributed by atoms with E-state index in [-0.39, 0.29) is 12.1 Å². The summed E-state index contributed by atoms with van der Waals surface area (Å²) in [5, 5.41) is 3.27. The molecule has 0 aliphatic heterocycles. The number of nitrogens with two attached hydrogens (primary N) is 1. The average molecular weight is 250 g/mol. The minimum atomic E-state index is 0.176. The fraction of sp³-hybridized carbons (Fsp3) is 0.933. The molecule has 5 atom stereocenters. The van der Waals surface area contributed by atoms with Crippen molar-refractivity contribution < 1.29 is 4.79 Å². The van der Waals surface area contributed by atoms with Crippen LogP contribution in [0.4, 0.5) is 0 Å². The van der Waals surface area contributed by atoms with Gasteiger partial charge in [0.2, 0.25) is 5.91 Å². The molecule has 0 heterocycles. The van der Waals surface area contributed by atoms with E-state index in [1.54, 1.807) is 0 Å². The Labute approximate surface area is 110 Å². The number of carbonyl (C=O) groups is 1. The second kappa shape index (κ2) is 5.20. The Balaban J connectivity index is 1.56. The molecule has 2 bridgehead atoms. The van der Waals surface area contributed by atoms with Crippen molar-refractivity contribution in [1.29, 1.82) is 0 Å². The standard InChI is InChI=1S/C15H26N2O/c16-13-4-2-1-3-5-14(13)17-15(18)12-9-10-6-7-11(12)8-10/h10-14H,1-9,16H2,(H,17,18). The molecular formula is C15H26N2O. The minimum absolute atomic E-state index is 0.176. The van der Waals surface area contributed by atoms with Gasteiger partial charge < -0.3 is 11.1 Å². The Bertz CT molecular complexity index is 318. The van der Waals surface area contributed by atoms with Crippen molar-refractivity contribution in [2.75, 3.05) is 0 Å². The smallest absolute Gasteiger partial charge is 0.223 e. The first-order chi connectivity index (χ1) is 8.74. The third-order valence-electron chi connectivity index (χ3n) is 5.47. The molecule has 0 aromatic heterocycles. The Morgan fingerprint density at radius 2 is 1.83 bits per heavy atom. The van der Waals surface area contributed by atoms with E-state index in [0.29, 0.717) is 17.7 Å². The van der Waals surface area contributed by atoms with Gasteiger partial charge in [-0.1, -0.05) is 25.7 Å². The lowest BCUT2D eigenvalue weighted by Gasteiger charge is -2.27. The fourth-order valence-corrected chi connectivity index (χ4v) is 4.37. The van der Waals surface area contributed by atoms with Crippen LogP contribution < -0.4 is 11.1 Å². The molecule has 0 aromatic rings. The van der Waals surface area contributed by atoms with Crippen molar-refractivity contribution in [3.8, 4) is 0 Å². The highest BCUT2D eigenvalue weighted by molar-refractivity contribution is 5.79. The number of amides is 1. The first-order valence-electron chi connectivity index (χ1n) is 7.80. The van der Waals surface area contributed by atoms with Crippen molar-refractivity contribution in [2.45, 2.75) is 69.9 Å². The number of fused-ring (bicyclic) bond motifs is 2. The van der Waals surface area contributed by atoms with Crippen LogP contribution in [-0.2, 0) is 4.79 Å². The lowest BCUT2D eigenvalue weighted by atomic mass is 9.87. The highest BCUT2D eigenvalue weighted by Crippen LogP contribution is 2.48. The predicted octanol–water partition coefficient (Wildman–Crippen LogP) is 2.20. The van der Waals surface area contributed by atoms with Gasteiger partial charge in [0, 0.05) is 18.0 Å². The maximum absolute atomic E-state index is 12.4. The topological polar surface area (TPSA) is 55.1 Å². The molecule has 0 aromatic carbocycles. The minimum Gasteiger partial charge on any atom is -0.352 e. The normalized spacial score (nSPS) is 43.7. The van der Waals surface area contributed by atoms with Gasteiger partial charge in [0.05, 0.1) is 0 Å². The maximum Gasteiger partial charge on any atom is 0.223 e. The van der Waals surface area contributed by atoms with Crippen molar-refractivity contribution >= 4 is 5.91 Å². The van der Waals surface area contributed by atoms with Crippen LogP contribution in [0.5, 0.6) is 0 Å². The lowest BCUT2D eigenvalue weighted by molar-refractivity contribution is -0.127. The third kappa shape index (κ3) is 2.42. The van der Waals surface area contributed by atoms with E-state index in [9.17, 15) is 4.79 Å². The van der Waals surface area contributed by atoms with Crippen LogP contribution in [0.2, 0.25) is 0 Å². The quantitative estimate of drug-likeness (QED) is 0.738. The summed E-state index contributed by atoms with van der Waals surface area (Å²) in [7, 11) is 0. The van der Waals surface area contributed by atoms with Gasteiger partial charge in [-0.25, -0.2) is 0 Å². The van der Waals surface area contributed by atoms with Crippen LogP contribution in [0.15, 0.2) is 0 Å². The fourth-order valence-electron chi connectivity index (χ4n) is 4.37. The molecule has 18 heavy (non-hydrogen) atoms. The molecule has 3 N–H and O–H groups in total. The largest absolute Gasteiger partial charge is 0.352 e. The van der Waals surface area contributed by atoms with Crippen LogP contribution in [0.1, 0.15) is 57.8 Å². The predicted molar refractivity (Wildman–Crippen MR) is 71.9 cm³/mol. The number of hydrogen-bond acceptors (Lipinski definition) is 2. The number of rotatable bonds is 2. The zero-order chi connectivity index (χ0) is 12.5. The van der Waals surface area contributed by atoms with Crippen molar-refractivity contribution in [3.05, 3.63) is 0 Å². The van der Waals surface area contributed by atoms with Gasteiger partial charge in [-0.2, -0.15) is 0 Å². The molecular weight excluding hydrogens is 224 g/mol. The van der Waals surface area contributed by atoms with Crippen LogP contribution in [0.25, 0.3) is 0 Å². The molecule has 3 heteroatoms. The summed E-state index contributed by atoms with van der Waals surface area (Å²) in [6.07, 6.45) is 10.9. The van der Waals surface area contributed by atoms with Gasteiger partial charge in [-0.15, -0.1) is 0 Å². The lowest BCUT2D eigenvalue weighted by Crippen LogP contribution is -2.49. The van der Waals surface area contributed by atoms with Gasteiger partial charge in [0.15, 0.2) is 0 Å².